The smallest absolute Gasteiger partial charge is 0.416 e. The molecule has 29 heavy (non-hydrogen) atoms. The van der Waals surface area contributed by atoms with Crippen LogP contribution >= 0.6 is 0 Å². The first-order valence-corrected chi connectivity index (χ1v) is 9.95. The Morgan fingerprint density at radius 3 is 2.69 bits per heavy atom. The van der Waals surface area contributed by atoms with Gasteiger partial charge in [0, 0.05) is 23.7 Å². The number of nitrogens with one attached hydrogen (secondary N) is 2. The minimum atomic E-state index is -4.51. The van der Waals surface area contributed by atoms with Crippen LogP contribution < -0.4 is 10.6 Å². The number of rotatable bonds is 3. The van der Waals surface area contributed by atoms with Crippen LogP contribution in [-0.4, -0.2) is 34.4 Å². The lowest BCUT2D eigenvalue weighted by Crippen LogP contribution is -2.39. The number of alkyl halides is 3. The van der Waals surface area contributed by atoms with Crippen LogP contribution in [0.5, 0.6) is 5.75 Å². The number of nitrogens with zero attached hydrogens (tertiary/aromatic N) is 2. The summed E-state index contributed by atoms with van der Waals surface area (Å²) in [6.07, 6.45) is -0.661. The summed E-state index contributed by atoms with van der Waals surface area (Å²) >= 11 is 0. The van der Waals surface area contributed by atoms with Crippen LogP contribution in [-0.2, 0) is 18.0 Å². The van der Waals surface area contributed by atoms with Crippen molar-refractivity contribution >= 4 is 5.82 Å². The molecule has 0 bridgehead atoms. The molecule has 1 atom stereocenters. The molecular weight excluding hydrogens is 381 g/mol. The van der Waals surface area contributed by atoms with Gasteiger partial charge in [-0.25, -0.2) is 0 Å². The van der Waals surface area contributed by atoms with Crippen molar-refractivity contribution in [3.05, 3.63) is 34.9 Å². The van der Waals surface area contributed by atoms with Crippen molar-refractivity contribution in [2.24, 2.45) is 0 Å². The highest BCUT2D eigenvalue weighted by atomic mass is 19.4. The third kappa shape index (κ3) is 3.77. The molecule has 156 valence electrons. The Kier molecular flexibility index (Phi) is 4.93. The van der Waals surface area contributed by atoms with E-state index in [0.717, 1.165) is 67.9 Å². The summed E-state index contributed by atoms with van der Waals surface area (Å²) in [6.45, 7) is 6.07. The predicted molar refractivity (Wildman–Crippen MR) is 105 cm³/mol. The molecule has 1 aromatic heterocycles. The molecule has 0 radical (unpaired) electrons. The quantitative estimate of drug-likeness (QED) is 0.711. The molecule has 2 aliphatic rings. The number of benzene rings is 1. The molecule has 1 aliphatic carbocycles. The Balaban J connectivity index is 1.76. The Hall–Kier alpha value is -2.35. The Morgan fingerprint density at radius 1 is 1.24 bits per heavy atom. The molecule has 2 aromatic rings. The number of piperidine rings is 1. The fourth-order valence-corrected chi connectivity index (χ4v) is 4.39. The summed E-state index contributed by atoms with van der Waals surface area (Å²) in [5.74, 6) is 0.311. The van der Waals surface area contributed by atoms with Gasteiger partial charge in [0.25, 0.3) is 0 Å². The molecule has 0 amide bonds. The topological polar surface area (TPSA) is 70.1 Å². The molecule has 0 unspecified atom stereocenters. The first-order chi connectivity index (χ1) is 13.7. The van der Waals surface area contributed by atoms with Crippen LogP contribution in [0.15, 0.2) is 18.2 Å². The van der Waals surface area contributed by atoms with E-state index in [9.17, 15) is 18.3 Å². The lowest BCUT2D eigenvalue weighted by atomic mass is 9.84. The number of phenolic OH excluding ortho intramolecular Hbond substituents is 1. The molecule has 0 saturated carbocycles. The summed E-state index contributed by atoms with van der Waals surface area (Å²) in [7, 11) is 0. The third-order valence-corrected chi connectivity index (χ3v) is 5.97. The van der Waals surface area contributed by atoms with E-state index in [1.807, 2.05) is 0 Å². The largest absolute Gasteiger partial charge is 0.507 e. The second-order valence-electron chi connectivity index (χ2n) is 8.55. The molecule has 3 N–H and O–H groups in total. The third-order valence-electron chi connectivity index (χ3n) is 5.97. The average Bonchev–Trinajstić information content (AvgIpc) is 2.99. The molecule has 2 heterocycles. The van der Waals surface area contributed by atoms with Crippen molar-refractivity contribution in [2.75, 3.05) is 18.4 Å². The van der Waals surface area contributed by atoms with Gasteiger partial charge in [-0.2, -0.15) is 13.2 Å². The maximum Gasteiger partial charge on any atom is 0.416 e. The number of phenols is 1. The maximum atomic E-state index is 13.0. The summed E-state index contributed by atoms with van der Waals surface area (Å²) in [5, 5.41) is 25.9. The van der Waals surface area contributed by atoms with Gasteiger partial charge in [0.05, 0.1) is 5.56 Å². The zero-order valence-electron chi connectivity index (χ0n) is 16.5. The number of fused-ring (bicyclic) bond motifs is 1. The Bertz CT molecular complexity index is 921. The summed E-state index contributed by atoms with van der Waals surface area (Å²) < 4.78 is 38.9. The number of aromatic hydroxyl groups is 1. The number of anilines is 1. The van der Waals surface area contributed by atoms with Crippen LogP contribution in [0.2, 0.25) is 0 Å². The predicted octanol–water partition coefficient (Wildman–Crippen LogP) is 4.26. The average molecular weight is 406 g/mol. The lowest BCUT2D eigenvalue weighted by molar-refractivity contribution is -0.137. The molecule has 8 heteroatoms. The van der Waals surface area contributed by atoms with E-state index in [2.05, 4.69) is 34.7 Å². The highest BCUT2D eigenvalue weighted by Crippen LogP contribution is 2.47. The highest BCUT2D eigenvalue weighted by Gasteiger charge is 2.37. The van der Waals surface area contributed by atoms with Crippen molar-refractivity contribution in [1.82, 2.24) is 15.5 Å². The fraction of sp³-hybridized carbons (Fsp3) is 0.524. The van der Waals surface area contributed by atoms with E-state index in [0.29, 0.717) is 5.69 Å². The van der Waals surface area contributed by atoms with Gasteiger partial charge in [0.1, 0.15) is 11.4 Å². The first-order valence-electron chi connectivity index (χ1n) is 9.95. The fourth-order valence-electron chi connectivity index (χ4n) is 4.39. The van der Waals surface area contributed by atoms with Gasteiger partial charge < -0.3 is 15.7 Å². The SMILES string of the molecule is CC1(C)CCc2c(N[C@@H]3CCCNC3)nnc(-c3ccc(C(F)(F)F)cc3O)c21. The summed E-state index contributed by atoms with van der Waals surface area (Å²) in [6, 6.07) is 3.29. The van der Waals surface area contributed by atoms with Crippen LogP contribution in [0.25, 0.3) is 11.3 Å². The molecule has 1 aliphatic heterocycles. The van der Waals surface area contributed by atoms with E-state index in [4.69, 9.17) is 0 Å². The molecule has 1 saturated heterocycles. The monoisotopic (exact) mass is 406 g/mol. The number of hydrogen-bond acceptors (Lipinski definition) is 5. The zero-order valence-corrected chi connectivity index (χ0v) is 16.5. The highest BCUT2D eigenvalue weighted by molar-refractivity contribution is 5.75. The van der Waals surface area contributed by atoms with Gasteiger partial charge in [-0.05, 0) is 61.4 Å². The van der Waals surface area contributed by atoms with Crippen molar-refractivity contribution in [1.29, 1.82) is 0 Å². The van der Waals surface area contributed by atoms with Gasteiger partial charge in [-0.15, -0.1) is 10.2 Å². The van der Waals surface area contributed by atoms with Crippen molar-refractivity contribution in [2.45, 2.75) is 57.2 Å². The number of hydrogen-bond donors (Lipinski definition) is 3. The lowest BCUT2D eigenvalue weighted by Gasteiger charge is -2.26. The second kappa shape index (κ2) is 7.16. The standard InChI is InChI=1S/C21H25F3N4O/c1-20(2)8-7-15-17(20)18(14-6-5-12(10-16(14)29)21(22,23)24)27-28-19(15)26-13-4-3-9-25-11-13/h5-6,10,13,25,29H,3-4,7-9,11H2,1-2H3,(H,26,28)/t13-/m1/s1. The van der Waals surface area contributed by atoms with Crippen LogP contribution in [0.3, 0.4) is 0 Å². The van der Waals surface area contributed by atoms with E-state index >= 15 is 0 Å². The molecule has 1 fully saturated rings. The number of aromatic nitrogens is 2. The van der Waals surface area contributed by atoms with Gasteiger partial charge in [-0.3, -0.25) is 0 Å². The summed E-state index contributed by atoms with van der Waals surface area (Å²) in [4.78, 5) is 0. The molecule has 4 rings (SSSR count). The van der Waals surface area contributed by atoms with Crippen LogP contribution in [0, 0.1) is 0 Å². The maximum absolute atomic E-state index is 13.0. The van der Waals surface area contributed by atoms with E-state index in [1.165, 1.54) is 6.07 Å². The number of halogens is 3. The van der Waals surface area contributed by atoms with Gasteiger partial charge in [0.15, 0.2) is 5.82 Å². The summed E-state index contributed by atoms with van der Waals surface area (Å²) in [5.41, 5.74) is 1.64. The van der Waals surface area contributed by atoms with Crippen LogP contribution in [0.1, 0.15) is 49.8 Å². The Labute approximate surface area is 167 Å². The van der Waals surface area contributed by atoms with Crippen molar-refractivity contribution < 1.29 is 18.3 Å². The van der Waals surface area contributed by atoms with Gasteiger partial charge in [-0.1, -0.05) is 13.8 Å². The van der Waals surface area contributed by atoms with Crippen molar-refractivity contribution in [3.63, 3.8) is 0 Å². The van der Waals surface area contributed by atoms with Crippen LogP contribution in [0.4, 0.5) is 19.0 Å². The Morgan fingerprint density at radius 2 is 2.03 bits per heavy atom. The molecule has 5 nitrogen and oxygen atoms in total. The van der Waals surface area contributed by atoms with Gasteiger partial charge >= 0.3 is 6.18 Å². The molecular formula is C21H25F3N4O. The minimum Gasteiger partial charge on any atom is -0.507 e. The van der Waals surface area contributed by atoms with E-state index < -0.39 is 17.5 Å². The normalized spacial score (nSPS) is 21.1. The van der Waals surface area contributed by atoms with E-state index in [-0.39, 0.29) is 17.0 Å². The second-order valence-corrected chi connectivity index (χ2v) is 8.55. The van der Waals surface area contributed by atoms with E-state index in [1.54, 1.807) is 0 Å². The minimum absolute atomic E-state index is 0.211. The first kappa shape index (κ1) is 19.9. The van der Waals surface area contributed by atoms with Gasteiger partial charge in [0.2, 0.25) is 0 Å². The zero-order chi connectivity index (χ0) is 20.8. The molecule has 1 aromatic carbocycles. The molecule has 0 spiro atoms. The van der Waals surface area contributed by atoms with Crippen molar-refractivity contribution in [3.8, 4) is 17.0 Å².